The Morgan fingerprint density at radius 3 is 2.80 bits per heavy atom. The van der Waals surface area contributed by atoms with Crippen LogP contribution in [0.1, 0.15) is 32.6 Å². The standard InChI is InChI=1S/C12H27N3/c1-11(6-4-8-13)15-9-5-7-12(15)10-14(2)3/h11-12H,4-10,13H2,1-3H3. The van der Waals surface area contributed by atoms with Crippen molar-refractivity contribution in [3.63, 3.8) is 0 Å². The molecular weight excluding hydrogens is 186 g/mol. The number of nitrogens with two attached hydrogens (primary N) is 1. The number of rotatable bonds is 6. The fourth-order valence-electron chi connectivity index (χ4n) is 2.63. The molecule has 0 aromatic heterocycles. The first-order chi connectivity index (χ1) is 7.15. The van der Waals surface area contributed by atoms with Gasteiger partial charge in [-0.15, -0.1) is 0 Å². The molecule has 0 radical (unpaired) electrons. The van der Waals surface area contributed by atoms with Crippen molar-refractivity contribution in [1.82, 2.24) is 9.80 Å². The molecule has 2 atom stereocenters. The Labute approximate surface area is 94.6 Å². The van der Waals surface area contributed by atoms with E-state index < -0.39 is 0 Å². The lowest BCUT2D eigenvalue weighted by Gasteiger charge is -2.32. The fourth-order valence-corrected chi connectivity index (χ4v) is 2.63. The van der Waals surface area contributed by atoms with Gasteiger partial charge in [-0.3, -0.25) is 4.90 Å². The third-order valence-corrected chi connectivity index (χ3v) is 3.39. The fraction of sp³-hybridized carbons (Fsp3) is 1.00. The van der Waals surface area contributed by atoms with E-state index in [-0.39, 0.29) is 0 Å². The van der Waals surface area contributed by atoms with Crippen LogP contribution in [0.4, 0.5) is 0 Å². The third-order valence-electron chi connectivity index (χ3n) is 3.39. The summed E-state index contributed by atoms with van der Waals surface area (Å²) >= 11 is 0. The molecule has 0 aliphatic carbocycles. The molecule has 1 aliphatic rings. The molecule has 15 heavy (non-hydrogen) atoms. The smallest absolute Gasteiger partial charge is 0.0226 e. The van der Waals surface area contributed by atoms with Gasteiger partial charge in [0, 0.05) is 18.6 Å². The van der Waals surface area contributed by atoms with Crippen molar-refractivity contribution in [3.8, 4) is 0 Å². The van der Waals surface area contributed by atoms with E-state index >= 15 is 0 Å². The summed E-state index contributed by atoms with van der Waals surface area (Å²) in [4.78, 5) is 4.98. The van der Waals surface area contributed by atoms with Crippen LogP contribution in [0.15, 0.2) is 0 Å². The Hall–Kier alpha value is -0.120. The molecular formula is C12H27N3. The minimum atomic E-state index is 0.709. The highest BCUT2D eigenvalue weighted by Gasteiger charge is 2.28. The Kier molecular flexibility index (Phi) is 5.58. The number of likely N-dealkylation sites (N-methyl/N-ethyl adjacent to an activating group) is 1. The van der Waals surface area contributed by atoms with Gasteiger partial charge in [-0.25, -0.2) is 0 Å². The molecule has 1 heterocycles. The van der Waals surface area contributed by atoms with Crippen LogP contribution in [0.3, 0.4) is 0 Å². The Morgan fingerprint density at radius 1 is 1.47 bits per heavy atom. The van der Waals surface area contributed by atoms with Gasteiger partial charge in [0.15, 0.2) is 0 Å². The maximum Gasteiger partial charge on any atom is 0.0226 e. The highest BCUT2D eigenvalue weighted by Crippen LogP contribution is 2.22. The van der Waals surface area contributed by atoms with Gasteiger partial charge in [0.2, 0.25) is 0 Å². The van der Waals surface area contributed by atoms with Crippen molar-refractivity contribution in [3.05, 3.63) is 0 Å². The zero-order valence-corrected chi connectivity index (χ0v) is 10.6. The molecule has 0 spiro atoms. The van der Waals surface area contributed by atoms with E-state index in [1.807, 2.05) is 0 Å². The molecule has 0 aromatic carbocycles. The first kappa shape index (κ1) is 12.9. The van der Waals surface area contributed by atoms with Crippen LogP contribution in [-0.2, 0) is 0 Å². The summed E-state index contributed by atoms with van der Waals surface area (Å²) in [6.45, 7) is 5.66. The van der Waals surface area contributed by atoms with E-state index in [1.54, 1.807) is 0 Å². The molecule has 90 valence electrons. The van der Waals surface area contributed by atoms with E-state index in [0.717, 1.165) is 19.0 Å². The van der Waals surface area contributed by atoms with Crippen LogP contribution < -0.4 is 5.73 Å². The number of hydrogen-bond acceptors (Lipinski definition) is 3. The molecule has 0 bridgehead atoms. The summed E-state index contributed by atoms with van der Waals surface area (Å²) in [5.41, 5.74) is 5.56. The quantitative estimate of drug-likeness (QED) is 0.718. The van der Waals surface area contributed by atoms with E-state index in [1.165, 1.54) is 32.4 Å². The lowest BCUT2D eigenvalue weighted by atomic mass is 10.1. The van der Waals surface area contributed by atoms with E-state index in [2.05, 4.69) is 30.8 Å². The van der Waals surface area contributed by atoms with Crippen molar-refractivity contribution in [2.75, 3.05) is 33.7 Å². The first-order valence-corrected chi connectivity index (χ1v) is 6.25. The monoisotopic (exact) mass is 213 g/mol. The van der Waals surface area contributed by atoms with Crippen LogP contribution in [0, 0.1) is 0 Å². The summed E-state index contributed by atoms with van der Waals surface area (Å²) in [5, 5.41) is 0. The normalized spacial score (nSPS) is 25.0. The molecule has 2 unspecified atom stereocenters. The SMILES string of the molecule is CC(CCCN)N1CCCC1CN(C)C. The lowest BCUT2D eigenvalue weighted by Crippen LogP contribution is -2.42. The number of likely N-dealkylation sites (tertiary alicyclic amines) is 1. The average Bonchev–Trinajstić information content (AvgIpc) is 2.61. The summed E-state index contributed by atoms with van der Waals surface area (Å²) in [6.07, 6.45) is 5.14. The molecule has 1 saturated heterocycles. The van der Waals surface area contributed by atoms with Crippen molar-refractivity contribution >= 4 is 0 Å². The van der Waals surface area contributed by atoms with Gasteiger partial charge < -0.3 is 10.6 Å². The average molecular weight is 213 g/mol. The molecule has 1 rings (SSSR count). The number of hydrogen-bond donors (Lipinski definition) is 1. The third kappa shape index (κ3) is 4.09. The van der Waals surface area contributed by atoms with Crippen molar-refractivity contribution in [2.45, 2.75) is 44.7 Å². The van der Waals surface area contributed by atoms with Gasteiger partial charge in [0.25, 0.3) is 0 Å². The van der Waals surface area contributed by atoms with Crippen molar-refractivity contribution < 1.29 is 0 Å². The second kappa shape index (κ2) is 6.46. The zero-order valence-electron chi connectivity index (χ0n) is 10.6. The van der Waals surface area contributed by atoms with Crippen molar-refractivity contribution in [1.29, 1.82) is 0 Å². The van der Waals surface area contributed by atoms with Gasteiger partial charge in [-0.05, 0) is 59.8 Å². The van der Waals surface area contributed by atoms with Gasteiger partial charge in [0.05, 0.1) is 0 Å². The first-order valence-electron chi connectivity index (χ1n) is 6.25. The highest BCUT2D eigenvalue weighted by atomic mass is 15.2. The summed E-state index contributed by atoms with van der Waals surface area (Å²) < 4.78 is 0. The minimum Gasteiger partial charge on any atom is -0.330 e. The van der Waals surface area contributed by atoms with Gasteiger partial charge in [0.1, 0.15) is 0 Å². The van der Waals surface area contributed by atoms with E-state index in [0.29, 0.717) is 6.04 Å². The van der Waals surface area contributed by atoms with E-state index in [9.17, 15) is 0 Å². The maximum atomic E-state index is 5.56. The molecule has 2 N–H and O–H groups in total. The van der Waals surface area contributed by atoms with Crippen molar-refractivity contribution in [2.24, 2.45) is 5.73 Å². The molecule has 1 fully saturated rings. The lowest BCUT2D eigenvalue weighted by molar-refractivity contribution is 0.154. The predicted molar refractivity (Wildman–Crippen MR) is 66.0 cm³/mol. The maximum absolute atomic E-state index is 5.56. The molecule has 3 nitrogen and oxygen atoms in total. The van der Waals surface area contributed by atoms with Crippen LogP contribution in [0.5, 0.6) is 0 Å². The summed E-state index contributed by atoms with van der Waals surface area (Å²) in [6, 6.07) is 1.48. The Morgan fingerprint density at radius 2 is 2.20 bits per heavy atom. The van der Waals surface area contributed by atoms with Crippen LogP contribution in [0.25, 0.3) is 0 Å². The van der Waals surface area contributed by atoms with E-state index in [4.69, 9.17) is 5.73 Å². The van der Waals surface area contributed by atoms with Crippen LogP contribution in [0.2, 0.25) is 0 Å². The van der Waals surface area contributed by atoms with Crippen LogP contribution in [-0.4, -0.2) is 55.6 Å². The van der Waals surface area contributed by atoms with Gasteiger partial charge in [-0.1, -0.05) is 0 Å². The summed E-state index contributed by atoms with van der Waals surface area (Å²) in [5.74, 6) is 0. The predicted octanol–water partition coefficient (Wildman–Crippen LogP) is 1.14. The van der Waals surface area contributed by atoms with Crippen LogP contribution >= 0.6 is 0 Å². The Bertz CT molecular complexity index is 170. The Balaban J connectivity index is 2.37. The number of nitrogens with zero attached hydrogens (tertiary/aromatic N) is 2. The largest absolute Gasteiger partial charge is 0.330 e. The molecule has 0 amide bonds. The molecule has 3 heteroatoms. The zero-order chi connectivity index (χ0) is 11.3. The van der Waals surface area contributed by atoms with Gasteiger partial charge >= 0.3 is 0 Å². The summed E-state index contributed by atoms with van der Waals surface area (Å²) in [7, 11) is 4.34. The minimum absolute atomic E-state index is 0.709. The molecule has 0 saturated carbocycles. The highest BCUT2D eigenvalue weighted by molar-refractivity contribution is 4.84. The van der Waals surface area contributed by atoms with Gasteiger partial charge in [-0.2, -0.15) is 0 Å². The molecule has 1 aliphatic heterocycles. The second-order valence-corrected chi connectivity index (χ2v) is 5.08. The second-order valence-electron chi connectivity index (χ2n) is 5.08. The topological polar surface area (TPSA) is 32.5 Å². The molecule has 0 aromatic rings.